The summed E-state index contributed by atoms with van der Waals surface area (Å²) in [6.45, 7) is 2.40. The van der Waals surface area contributed by atoms with Crippen LogP contribution in [0.3, 0.4) is 0 Å². The van der Waals surface area contributed by atoms with Crippen LogP contribution in [-0.4, -0.2) is 44.1 Å². The van der Waals surface area contributed by atoms with Gasteiger partial charge in [0.05, 0.1) is 24.7 Å². The third-order valence-corrected chi connectivity index (χ3v) is 3.25. The van der Waals surface area contributed by atoms with E-state index in [-0.39, 0.29) is 5.56 Å². The number of ether oxygens (including phenoxy) is 1. The molecule has 1 aromatic carbocycles. The van der Waals surface area contributed by atoms with E-state index in [1.165, 1.54) is 6.07 Å². The van der Waals surface area contributed by atoms with E-state index < -0.39 is 17.8 Å². The highest BCUT2D eigenvalue weighted by Gasteiger charge is 2.18. The summed E-state index contributed by atoms with van der Waals surface area (Å²) >= 11 is 0. The number of hydrogen-bond donors (Lipinski definition) is 2. The number of hydrogen-bond acceptors (Lipinski definition) is 6. The molecule has 8 heteroatoms. The van der Waals surface area contributed by atoms with E-state index in [0.29, 0.717) is 43.8 Å². The Kier molecular flexibility index (Phi) is 5.32. The molecule has 122 valence electrons. The fourth-order valence-corrected chi connectivity index (χ4v) is 2.22. The van der Waals surface area contributed by atoms with Crippen LogP contribution in [0.1, 0.15) is 10.4 Å². The van der Waals surface area contributed by atoms with Crippen LogP contribution >= 0.6 is 0 Å². The van der Waals surface area contributed by atoms with Crippen molar-refractivity contribution in [2.75, 3.05) is 36.5 Å². The normalized spacial score (nSPS) is 14.7. The third-order valence-electron chi connectivity index (χ3n) is 3.25. The maximum absolute atomic E-state index is 11.7. The Morgan fingerprint density at radius 1 is 1.22 bits per heavy atom. The molecule has 0 aliphatic carbocycles. The average Bonchev–Trinajstić information content (AvgIpc) is 2.53. The van der Waals surface area contributed by atoms with Gasteiger partial charge in [0, 0.05) is 30.5 Å². The van der Waals surface area contributed by atoms with Crippen LogP contribution in [0.4, 0.5) is 11.4 Å². The molecule has 2 rings (SSSR count). The van der Waals surface area contributed by atoms with Gasteiger partial charge in [0.1, 0.15) is 0 Å². The van der Waals surface area contributed by atoms with E-state index in [4.69, 9.17) is 10.5 Å². The number of nitrogens with two attached hydrogens (primary N) is 1. The summed E-state index contributed by atoms with van der Waals surface area (Å²) in [5, 5.41) is 12.7. The first-order chi connectivity index (χ1) is 11.0. The number of morpholine rings is 1. The van der Waals surface area contributed by atoms with Gasteiger partial charge in [-0.15, -0.1) is 0 Å². The minimum atomic E-state index is -1.47. The van der Waals surface area contributed by atoms with Gasteiger partial charge in [-0.2, -0.15) is 0 Å². The molecule has 0 saturated carbocycles. The molecule has 1 saturated heterocycles. The molecule has 0 unspecified atom stereocenters. The molecule has 0 atom stereocenters. The largest absolute Gasteiger partial charge is 0.545 e. The number of nitrogens with zero attached hydrogens (tertiary/aromatic N) is 1. The van der Waals surface area contributed by atoms with Crippen molar-refractivity contribution in [3.05, 3.63) is 35.9 Å². The van der Waals surface area contributed by atoms with Crippen LogP contribution in [-0.2, 0) is 14.3 Å². The van der Waals surface area contributed by atoms with Gasteiger partial charge in [0.2, 0.25) is 5.91 Å². The van der Waals surface area contributed by atoms with Crippen molar-refractivity contribution in [3.63, 3.8) is 0 Å². The molecule has 1 aliphatic rings. The summed E-state index contributed by atoms with van der Waals surface area (Å²) in [6.07, 6.45) is 1.45. The summed E-state index contributed by atoms with van der Waals surface area (Å²) in [4.78, 5) is 35.5. The Morgan fingerprint density at radius 2 is 1.91 bits per heavy atom. The molecular weight excluding hydrogens is 302 g/mol. The molecule has 3 N–H and O–H groups in total. The van der Waals surface area contributed by atoms with Gasteiger partial charge < -0.3 is 30.6 Å². The van der Waals surface area contributed by atoms with Gasteiger partial charge in [-0.05, 0) is 24.3 Å². The maximum Gasteiger partial charge on any atom is 0.250 e. The van der Waals surface area contributed by atoms with Crippen LogP contribution in [0, 0.1) is 0 Å². The van der Waals surface area contributed by atoms with E-state index in [9.17, 15) is 19.5 Å². The van der Waals surface area contributed by atoms with Gasteiger partial charge in [0.15, 0.2) is 0 Å². The second-order valence-corrected chi connectivity index (χ2v) is 4.84. The summed E-state index contributed by atoms with van der Waals surface area (Å²) in [6, 6.07) is 4.75. The number of rotatable bonds is 5. The second-order valence-electron chi connectivity index (χ2n) is 4.84. The van der Waals surface area contributed by atoms with E-state index >= 15 is 0 Å². The van der Waals surface area contributed by atoms with Crippen molar-refractivity contribution in [3.8, 4) is 0 Å². The molecule has 1 heterocycles. The second kappa shape index (κ2) is 7.41. The van der Waals surface area contributed by atoms with Gasteiger partial charge in [-0.25, -0.2) is 0 Å². The Morgan fingerprint density at radius 3 is 2.52 bits per heavy atom. The molecule has 8 nitrogen and oxygen atoms in total. The van der Waals surface area contributed by atoms with Crippen molar-refractivity contribution in [1.82, 2.24) is 0 Å². The number of anilines is 2. The number of nitrogens with one attached hydrogen (secondary N) is 1. The first-order valence-electron chi connectivity index (χ1n) is 6.94. The minimum absolute atomic E-state index is 0.272. The first kappa shape index (κ1) is 16.5. The molecule has 0 radical (unpaired) electrons. The topological polar surface area (TPSA) is 125 Å². The predicted molar refractivity (Wildman–Crippen MR) is 80.8 cm³/mol. The van der Waals surface area contributed by atoms with Gasteiger partial charge in [-0.1, -0.05) is 0 Å². The smallest absolute Gasteiger partial charge is 0.250 e. The molecule has 23 heavy (non-hydrogen) atoms. The van der Waals surface area contributed by atoms with E-state index in [1.807, 2.05) is 4.90 Å². The zero-order valence-corrected chi connectivity index (χ0v) is 12.3. The van der Waals surface area contributed by atoms with Gasteiger partial charge in [-0.3, -0.25) is 9.59 Å². The van der Waals surface area contributed by atoms with Crippen LogP contribution < -0.4 is 21.1 Å². The number of carboxylic acid groups (broad SMARTS) is 1. The summed E-state index contributed by atoms with van der Waals surface area (Å²) in [7, 11) is 0. The summed E-state index contributed by atoms with van der Waals surface area (Å²) in [5.41, 5.74) is 6.69. The van der Waals surface area contributed by atoms with E-state index in [2.05, 4.69) is 5.32 Å². The SMILES string of the molecule is NC(=O)c1cc(NC(=O)C=CC(=O)[O-])ccc1N1CCOCC1. The van der Waals surface area contributed by atoms with Crippen LogP contribution in [0.2, 0.25) is 0 Å². The lowest BCUT2D eigenvalue weighted by Crippen LogP contribution is -2.37. The lowest BCUT2D eigenvalue weighted by molar-refractivity contribution is -0.297. The Balaban J connectivity index is 2.20. The first-order valence-corrected chi connectivity index (χ1v) is 6.94. The van der Waals surface area contributed by atoms with Gasteiger partial charge >= 0.3 is 0 Å². The Bertz CT molecular complexity index is 651. The molecule has 1 fully saturated rings. The molecule has 0 spiro atoms. The average molecular weight is 318 g/mol. The number of benzene rings is 1. The zero-order valence-electron chi connectivity index (χ0n) is 12.3. The third kappa shape index (κ3) is 4.55. The quantitative estimate of drug-likeness (QED) is 0.662. The molecule has 0 bridgehead atoms. The summed E-state index contributed by atoms with van der Waals surface area (Å²) < 4.78 is 5.27. The van der Waals surface area contributed by atoms with Crippen molar-refractivity contribution in [2.45, 2.75) is 0 Å². The number of aliphatic carboxylic acids is 1. The van der Waals surface area contributed by atoms with E-state index in [0.717, 1.165) is 6.08 Å². The lowest BCUT2D eigenvalue weighted by Gasteiger charge is -2.30. The van der Waals surface area contributed by atoms with Crippen molar-refractivity contribution in [1.29, 1.82) is 0 Å². The lowest BCUT2D eigenvalue weighted by atomic mass is 10.1. The molecule has 1 aliphatic heterocycles. The maximum atomic E-state index is 11.7. The zero-order chi connectivity index (χ0) is 16.8. The number of amides is 2. The van der Waals surface area contributed by atoms with Gasteiger partial charge in [0.25, 0.3) is 5.91 Å². The highest BCUT2D eigenvalue weighted by Crippen LogP contribution is 2.25. The van der Waals surface area contributed by atoms with Crippen molar-refractivity contribution in [2.24, 2.45) is 5.73 Å². The molecule has 1 aromatic rings. The summed E-state index contributed by atoms with van der Waals surface area (Å²) in [5.74, 6) is -2.74. The van der Waals surface area contributed by atoms with E-state index in [1.54, 1.807) is 12.1 Å². The molecule has 2 amide bonds. The van der Waals surface area contributed by atoms with Crippen LogP contribution in [0.15, 0.2) is 30.4 Å². The number of primary amides is 1. The van der Waals surface area contributed by atoms with Crippen molar-refractivity contribution < 1.29 is 24.2 Å². The standard InChI is InChI=1S/C15H17N3O5/c16-15(22)11-9-10(17-13(19)3-4-14(20)21)1-2-12(11)18-5-7-23-8-6-18/h1-4,9H,5-8H2,(H2,16,22)(H,17,19)(H,20,21)/p-1. The van der Waals surface area contributed by atoms with Crippen LogP contribution in [0.25, 0.3) is 0 Å². The molecule has 0 aromatic heterocycles. The fourth-order valence-electron chi connectivity index (χ4n) is 2.22. The number of carbonyl (C=O) groups excluding carboxylic acids is 3. The Hall–Kier alpha value is -2.87. The number of carboxylic acids is 1. The predicted octanol–water partition coefficient (Wildman–Crippen LogP) is -1.13. The number of carbonyl (C=O) groups is 3. The fraction of sp³-hybridized carbons (Fsp3) is 0.267. The Labute approximate surface area is 132 Å². The minimum Gasteiger partial charge on any atom is -0.545 e. The highest BCUT2D eigenvalue weighted by atomic mass is 16.5. The monoisotopic (exact) mass is 318 g/mol. The van der Waals surface area contributed by atoms with Crippen LogP contribution in [0.5, 0.6) is 0 Å². The van der Waals surface area contributed by atoms with Crippen molar-refractivity contribution >= 4 is 29.2 Å². The molecular formula is C15H16N3O5-. The highest BCUT2D eigenvalue weighted by molar-refractivity contribution is 6.04.